The zero-order valence-corrected chi connectivity index (χ0v) is 20.2. The van der Waals surface area contributed by atoms with Crippen LogP contribution in [-0.2, 0) is 9.53 Å². The van der Waals surface area contributed by atoms with E-state index in [1.54, 1.807) is 11.9 Å². The number of rotatable bonds is 8. The van der Waals surface area contributed by atoms with Crippen LogP contribution < -0.4 is 16.0 Å². The van der Waals surface area contributed by atoms with Gasteiger partial charge in [0.2, 0.25) is 5.91 Å². The topological polar surface area (TPSA) is 78.0 Å². The summed E-state index contributed by atoms with van der Waals surface area (Å²) < 4.78 is 5.67. The van der Waals surface area contributed by atoms with Gasteiger partial charge in [-0.15, -0.1) is 0 Å². The number of amides is 1. The number of guanidine groups is 1. The molecule has 1 aliphatic heterocycles. The summed E-state index contributed by atoms with van der Waals surface area (Å²) in [6.07, 6.45) is 5.97. The van der Waals surface area contributed by atoms with E-state index in [2.05, 4.69) is 58.2 Å². The number of nitrogens with one attached hydrogen (secondary N) is 3. The molecule has 2 fully saturated rings. The highest BCUT2D eigenvalue weighted by Crippen LogP contribution is 2.39. The molecule has 3 N–H and O–H groups in total. The average molecular weight is 444 g/mol. The maximum Gasteiger partial charge on any atom is 0.230 e. The Morgan fingerprint density at radius 1 is 1.06 bits per heavy atom. The fourth-order valence-corrected chi connectivity index (χ4v) is 5.14. The summed E-state index contributed by atoms with van der Waals surface area (Å²) in [5, 5.41) is 10.9. The lowest BCUT2D eigenvalue weighted by atomic mass is 9.84. The van der Waals surface area contributed by atoms with Crippen molar-refractivity contribution in [3.05, 3.63) is 35.9 Å². The number of ether oxygens (including phenoxy) is 1. The lowest BCUT2D eigenvalue weighted by Crippen LogP contribution is -2.59. The molecule has 1 saturated carbocycles. The first-order valence-corrected chi connectivity index (χ1v) is 12.0. The average Bonchev–Trinajstić information content (AvgIpc) is 3.30. The van der Waals surface area contributed by atoms with Crippen molar-refractivity contribution in [3.8, 4) is 0 Å². The Morgan fingerprint density at radius 2 is 1.69 bits per heavy atom. The van der Waals surface area contributed by atoms with E-state index in [1.165, 1.54) is 5.56 Å². The molecule has 1 saturated heterocycles. The van der Waals surface area contributed by atoms with E-state index in [1.807, 2.05) is 14.1 Å². The number of carbonyl (C=O) groups excluding carboxylic acids is 1. The highest BCUT2D eigenvalue weighted by atomic mass is 16.5. The minimum absolute atomic E-state index is 0.0738. The molecule has 2 aliphatic rings. The van der Waals surface area contributed by atoms with Gasteiger partial charge in [0.25, 0.3) is 0 Å². The van der Waals surface area contributed by atoms with Crippen molar-refractivity contribution in [3.63, 3.8) is 0 Å². The summed E-state index contributed by atoms with van der Waals surface area (Å²) in [4.78, 5) is 19.1. The number of aliphatic imine (C=N–C) groups is 1. The van der Waals surface area contributed by atoms with Gasteiger partial charge < -0.3 is 25.6 Å². The van der Waals surface area contributed by atoms with Crippen LogP contribution in [0.4, 0.5) is 0 Å². The van der Waals surface area contributed by atoms with E-state index < -0.39 is 0 Å². The fraction of sp³-hybridized carbons (Fsp3) is 0.680. The third-order valence-electron chi connectivity index (χ3n) is 7.10. The van der Waals surface area contributed by atoms with Gasteiger partial charge in [-0.3, -0.25) is 9.79 Å². The predicted octanol–water partition coefficient (Wildman–Crippen LogP) is 2.70. The highest BCUT2D eigenvalue weighted by molar-refractivity contribution is 5.85. The van der Waals surface area contributed by atoms with Crippen LogP contribution in [0.2, 0.25) is 0 Å². The minimum Gasteiger partial charge on any atom is -0.381 e. The molecule has 32 heavy (non-hydrogen) atoms. The molecule has 1 aromatic carbocycles. The molecule has 1 aromatic rings. The van der Waals surface area contributed by atoms with Crippen LogP contribution >= 0.6 is 0 Å². The standard InChI is InChI=1S/C25H41N5O2/c1-20(21-10-6-5-7-11-21)29-25(14-16-32-17-15-25)19-28-23(26-2)27-18-24(12-8-9-13-24)22(31)30(3)4/h5-7,10-11,20,29H,8-9,12-19H2,1-4H3,(H2,26,27,28). The summed E-state index contributed by atoms with van der Waals surface area (Å²) in [6.45, 7) is 5.09. The van der Waals surface area contributed by atoms with Gasteiger partial charge in [0.1, 0.15) is 0 Å². The van der Waals surface area contributed by atoms with Crippen molar-refractivity contribution in [1.29, 1.82) is 0 Å². The van der Waals surface area contributed by atoms with E-state index in [9.17, 15) is 4.79 Å². The molecule has 7 nitrogen and oxygen atoms in total. The molecular weight excluding hydrogens is 402 g/mol. The second-order valence-corrected chi connectivity index (χ2v) is 9.64. The maximum absolute atomic E-state index is 12.9. The van der Waals surface area contributed by atoms with Crippen molar-refractivity contribution >= 4 is 11.9 Å². The Bertz CT molecular complexity index is 753. The number of hydrogen-bond acceptors (Lipinski definition) is 4. The van der Waals surface area contributed by atoms with Gasteiger partial charge in [-0.2, -0.15) is 0 Å². The minimum atomic E-state index is -0.322. The summed E-state index contributed by atoms with van der Waals surface area (Å²) in [5.74, 6) is 0.972. The van der Waals surface area contributed by atoms with Crippen LogP contribution in [0, 0.1) is 5.41 Å². The largest absolute Gasteiger partial charge is 0.381 e. The summed E-state index contributed by atoms with van der Waals surface area (Å²) >= 11 is 0. The molecule has 1 amide bonds. The second kappa shape index (κ2) is 11.1. The Kier molecular flexibility index (Phi) is 8.54. The van der Waals surface area contributed by atoms with Gasteiger partial charge in [0, 0.05) is 59.0 Å². The van der Waals surface area contributed by atoms with E-state index >= 15 is 0 Å². The fourth-order valence-electron chi connectivity index (χ4n) is 5.14. The lowest BCUT2D eigenvalue weighted by molar-refractivity contribution is -0.138. The summed E-state index contributed by atoms with van der Waals surface area (Å²) in [6, 6.07) is 10.8. The van der Waals surface area contributed by atoms with Crippen LogP contribution in [0.25, 0.3) is 0 Å². The molecule has 0 radical (unpaired) electrons. The SMILES string of the molecule is CN=C(NCC1(NC(C)c2ccccc2)CCOCC1)NCC1(C(=O)N(C)C)CCCC1. The third-order valence-corrected chi connectivity index (χ3v) is 7.10. The van der Waals surface area contributed by atoms with Crippen LogP contribution in [0.3, 0.4) is 0 Å². The highest BCUT2D eigenvalue weighted by Gasteiger charge is 2.42. The summed E-state index contributed by atoms with van der Waals surface area (Å²) in [5.41, 5.74) is 0.888. The molecule has 1 atom stereocenters. The third kappa shape index (κ3) is 6.01. The van der Waals surface area contributed by atoms with E-state index in [4.69, 9.17) is 4.74 Å². The lowest BCUT2D eigenvalue weighted by Gasteiger charge is -2.41. The molecule has 7 heteroatoms. The molecular formula is C25H41N5O2. The molecule has 1 aliphatic carbocycles. The maximum atomic E-state index is 12.9. The van der Waals surface area contributed by atoms with E-state index in [0.29, 0.717) is 6.54 Å². The zero-order valence-electron chi connectivity index (χ0n) is 20.2. The number of carbonyl (C=O) groups is 1. The van der Waals surface area contributed by atoms with Crippen LogP contribution in [-0.4, -0.2) is 69.8 Å². The van der Waals surface area contributed by atoms with Crippen molar-refractivity contribution in [1.82, 2.24) is 20.9 Å². The van der Waals surface area contributed by atoms with Gasteiger partial charge in [0.15, 0.2) is 5.96 Å². The van der Waals surface area contributed by atoms with Crippen LogP contribution in [0.5, 0.6) is 0 Å². The first kappa shape index (κ1) is 24.5. The van der Waals surface area contributed by atoms with Gasteiger partial charge in [-0.05, 0) is 38.2 Å². The van der Waals surface area contributed by atoms with Crippen molar-refractivity contribution < 1.29 is 9.53 Å². The smallest absolute Gasteiger partial charge is 0.230 e. The Labute approximate surface area is 193 Å². The number of benzene rings is 1. The molecule has 0 aromatic heterocycles. The Balaban J connectivity index is 1.62. The van der Waals surface area contributed by atoms with Crippen LogP contribution in [0.15, 0.2) is 35.3 Å². The molecule has 0 spiro atoms. The predicted molar refractivity (Wildman–Crippen MR) is 130 cm³/mol. The quantitative estimate of drug-likeness (QED) is 0.425. The van der Waals surface area contributed by atoms with Gasteiger partial charge in [0.05, 0.1) is 5.41 Å². The van der Waals surface area contributed by atoms with Crippen molar-refractivity contribution in [2.45, 2.75) is 57.0 Å². The van der Waals surface area contributed by atoms with Crippen LogP contribution in [0.1, 0.15) is 57.1 Å². The first-order valence-electron chi connectivity index (χ1n) is 12.0. The van der Waals surface area contributed by atoms with Crippen molar-refractivity contribution in [2.75, 3.05) is 47.4 Å². The molecule has 178 valence electrons. The van der Waals surface area contributed by atoms with Gasteiger partial charge in [-0.25, -0.2) is 0 Å². The molecule has 1 unspecified atom stereocenters. The number of nitrogens with zero attached hydrogens (tertiary/aromatic N) is 2. The molecule has 1 heterocycles. The molecule has 3 rings (SSSR count). The van der Waals surface area contributed by atoms with Gasteiger partial charge >= 0.3 is 0 Å². The monoisotopic (exact) mass is 443 g/mol. The van der Waals surface area contributed by atoms with E-state index in [-0.39, 0.29) is 22.9 Å². The first-order chi connectivity index (χ1) is 15.4. The number of hydrogen-bond donors (Lipinski definition) is 3. The van der Waals surface area contributed by atoms with Crippen molar-refractivity contribution in [2.24, 2.45) is 10.4 Å². The van der Waals surface area contributed by atoms with E-state index in [0.717, 1.165) is 64.2 Å². The summed E-state index contributed by atoms with van der Waals surface area (Å²) in [7, 11) is 5.50. The second-order valence-electron chi connectivity index (χ2n) is 9.64. The molecule has 0 bridgehead atoms. The Morgan fingerprint density at radius 3 is 2.28 bits per heavy atom. The zero-order chi connectivity index (χ0) is 23.0. The normalized spacial score (nSPS) is 21.1. The Hall–Kier alpha value is -2.12. The van der Waals surface area contributed by atoms with Gasteiger partial charge in [-0.1, -0.05) is 43.2 Å².